The van der Waals surface area contributed by atoms with Gasteiger partial charge in [-0.1, -0.05) is 26.0 Å². The molecule has 0 bridgehead atoms. The second-order valence-electron chi connectivity index (χ2n) is 9.61. The van der Waals surface area contributed by atoms with E-state index in [1.807, 2.05) is 13.8 Å². The van der Waals surface area contributed by atoms with E-state index in [1.54, 1.807) is 62.2 Å². The van der Waals surface area contributed by atoms with E-state index < -0.39 is 18.5 Å². The van der Waals surface area contributed by atoms with Crippen LogP contribution in [0.25, 0.3) is 0 Å². The number of pyridine rings is 1. The summed E-state index contributed by atoms with van der Waals surface area (Å²) in [5.74, 6) is -1.15. The van der Waals surface area contributed by atoms with Crippen LogP contribution in [0.3, 0.4) is 0 Å². The Morgan fingerprint density at radius 3 is 2.38 bits per heavy atom. The minimum Gasteiger partial charge on any atom is -0.376 e. The molecule has 214 valence electrons. The number of carbonyl (C=O) groups excluding carboxylic acids is 2. The molecule has 1 aromatic heterocycles. The zero-order chi connectivity index (χ0) is 29.7. The van der Waals surface area contributed by atoms with E-state index in [0.717, 1.165) is 18.4 Å². The smallest absolute Gasteiger partial charge is 0.261 e. The van der Waals surface area contributed by atoms with Crippen molar-refractivity contribution >= 4 is 40.4 Å². The summed E-state index contributed by atoms with van der Waals surface area (Å²) in [6, 6.07) is 11.5. The van der Waals surface area contributed by atoms with Gasteiger partial charge in [-0.2, -0.15) is 0 Å². The molecule has 0 saturated heterocycles. The van der Waals surface area contributed by atoms with Crippen LogP contribution in [-0.2, 0) is 11.8 Å². The summed E-state index contributed by atoms with van der Waals surface area (Å²) in [5, 5.41) is 15.8. The first-order valence-electron chi connectivity index (χ1n) is 13.3. The minimum atomic E-state index is -0.532. The number of aryl methyl sites for hydroxylation is 1. The van der Waals surface area contributed by atoms with E-state index in [1.165, 1.54) is 29.5 Å². The van der Waals surface area contributed by atoms with Crippen molar-refractivity contribution in [3.63, 3.8) is 0 Å². The zero-order valence-electron chi connectivity index (χ0n) is 24.1. The highest BCUT2D eigenvalue weighted by atomic mass is 19.1. The van der Waals surface area contributed by atoms with Gasteiger partial charge in [0.05, 0.1) is 11.4 Å². The van der Waals surface area contributed by atoms with E-state index in [-0.39, 0.29) is 34.6 Å². The SMILES string of the molecule is CC.CC(=O)Nc1cccc(N(C)c2c(C(=O)N(CO)C3CC3)c(Nc3ccc(C)cc3F)n(C)c(=O)c2C)c1. The normalized spacial score (nSPS) is 12.2. The molecule has 3 N–H and O–H groups in total. The Bertz CT molecular complexity index is 1470. The van der Waals surface area contributed by atoms with Crippen molar-refractivity contribution in [1.29, 1.82) is 0 Å². The summed E-state index contributed by atoms with van der Waals surface area (Å²) in [4.78, 5) is 42.1. The third-order valence-electron chi connectivity index (χ3n) is 6.67. The van der Waals surface area contributed by atoms with Crippen LogP contribution in [0.5, 0.6) is 0 Å². The van der Waals surface area contributed by atoms with Crippen molar-refractivity contribution in [2.24, 2.45) is 7.05 Å². The van der Waals surface area contributed by atoms with E-state index >= 15 is 0 Å². The number of aliphatic hydroxyl groups is 1. The molecule has 9 nitrogen and oxygen atoms in total. The van der Waals surface area contributed by atoms with Gasteiger partial charge in [-0.3, -0.25) is 19.0 Å². The molecule has 1 aliphatic carbocycles. The highest BCUT2D eigenvalue weighted by Crippen LogP contribution is 2.38. The van der Waals surface area contributed by atoms with Gasteiger partial charge in [0.2, 0.25) is 5.91 Å². The third-order valence-corrected chi connectivity index (χ3v) is 6.67. The maximum atomic E-state index is 14.9. The molecule has 3 aromatic rings. The maximum Gasteiger partial charge on any atom is 0.261 e. The number of aromatic nitrogens is 1. The van der Waals surface area contributed by atoms with Crippen LogP contribution in [0.1, 0.15) is 55.1 Å². The predicted octanol–water partition coefficient (Wildman–Crippen LogP) is 5.19. The number of anilines is 5. The van der Waals surface area contributed by atoms with Crippen molar-refractivity contribution < 1.29 is 19.1 Å². The van der Waals surface area contributed by atoms with E-state index in [2.05, 4.69) is 10.6 Å². The molecule has 1 heterocycles. The van der Waals surface area contributed by atoms with Gasteiger partial charge in [-0.15, -0.1) is 0 Å². The van der Waals surface area contributed by atoms with Gasteiger partial charge in [0, 0.05) is 44.0 Å². The molecule has 2 amide bonds. The number of benzene rings is 2. The Labute approximate surface area is 234 Å². The molecule has 0 radical (unpaired) electrons. The fourth-order valence-electron chi connectivity index (χ4n) is 4.54. The molecular weight excluding hydrogens is 513 g/mol. The second-order valence-corrected chi connectivity index (χ2v) is 9.61. The van der Waals surface area contributed by atoms with Crippen LogP contribution in [0.2, 0.25) is 0 Å². The monoisotopic (exact) mass is 551 g/mol. The van der Waals surface area contributed by atoms with Crippen LogP contribution < -0.4 is 21.1 Å². The van der Waals surface area contributed by atoms with Crippen molar-refractivity contribution in [1.82, 2.24) is 9.47 Å². The molecule has 0 unspecified atom stereocenters. The van der Waals surface area contributed by atoms with Gasteiger partial charge in [0.25, 0.3) is 11.5 Å². The van der Waals surface area contributed by atoms with Gasteiger partial charge in [-0.25, -0.2) is 4.39 Å². The molecule has 1 saturated carbocycles. The van der Waals surface area contributed by atoms with Crippen molar-refractivity contribution in [3.8, 4) is 0 Å². The number of hydrogen-bond donors (Lipinski definition) is 3. The largest absolute Gasteiger partial charge is 0.376 e. The maximum absolute atomic E-state index is 14.9. The average Bonchev–Trinajstić information content (AvgIpc) is 3.76. The van der Waals surface area contributed by atoms with E-state index in [4.69, 9.17) is 0 Å². The summed E-state index contributed by atoms with van der Waals surface area (Å²) in [7, 11) is 3.23. The molecule has 10 heteroatoms. The van der Waals surface area contributed by atoms with E-state index in [9.17, 15) is 23.9 Å². The Morgan fingerprint density at radius 1 is 1.12 bits per heavy atom. The van der Waals surface area contributed by atoms with Gasteiger partial charge in [-0.05, 0) is 62.6 Å². The fourth-order valence-corrected chi connectivity index (χ4v) is 4.54. The molecule has 40 heavy (non-hydrogen) atoms. The Morgan fingerprint density at radius 2 is 1.80 bits per heavy atom. The number of aliphatic hydroxyl groups excluding tert-OH is 1. The number of halogens is 1. The number of rotatable bonds is 8. The number of amides is 2. The second kappa shape index (κ2) is 12.8. The van der Waals surface area contributed by atoms with Crippen LogP contribution in [-0.4, -0.2) is 46.2 Å². The fraction of sp³-hybridized carbons (Fsp3) is 0.367. The van der Waals surface area contributed by atoms with Crippen molar-refractivity contribution in [2.75, 3.05) is 29.3 Å². The van der Waals surface area contributed by atoms with Crippen LogP contribution >= 0.6 is 0 Å². The quantitative estimate of drug-likeness (QED) is 0.333. The Hall–Kier alpha value is -4.18. The van der Waals surface area contributed by atoms with Gasteiger partial charge < -0.3 is 25.5 Å². The number of nitrogens with zero attached hydrogens (tertiary/aromatic N) is 3. The molecule has 2 aromatic carbocycles. The van der Waals surface area contributed by atoms with Crippen molar-refractivity contribution in [2.45, 2.75) is 53.5 Å². The first-order chi connectivity index (χ1) is 19.0. The average molecular weight is 552 g/mol. The van der Waals surface area contributed by atoms with Crippen LogP contribution in [0.4, 0.5) is 33.0 Å². The van der Waals surface area contributed by atoms with E-state index in [0.29, 0.717) is 22.6 Å². The van der Waals surface area contributed by atoms with Crippen LogP contribution in [0, 0.1) is 19.7 Å². The Balaban J connectivity index is 0.00000216. The van der Waals surface area contributed by atoms with Crippen molar-refractivity contribution in [3.05, 3.63) is 75.3 Å². The molecule has 1 aliphatic rings. The summed E-state index contributed by atoms with van der Waals surface area (Å²) in [5.41, 5.74) is 2.34. The first-order valence-corrected chi connectivity index (χ1v) is 13.3. The molecule has 1 fully saturated rings. The first kappa shape index (κ1) is 30.4. The highest BCUT2D eigenvalue weighted by molar-refractivity contribution is 6.06. The summed E-state index contributed by atoms with van der Waals surface area (Å²) >= 11 is 0. The molecule has 0 aliphatic heterocycles. The third kappa shape index (κ3) is 6.34. The predicted molar refractivity (Wildman–Crippen MR) is 157 cm³/mol. The lowest BCUT2D eigenvalue weighted by molar-refractivity contribution is -0.114. The molecule has 4 rings (SSSR count). The standard InChI is InChI=1S/C28H32FN5O4.C2H6/c1-16-9-12-23(22(29)13-16)31-26-24(28(38)34(15-35)20-10-11-20)25(17(2)27(37)33(26)5)32(4)21-8-6-7-19(14-21)30-18(3)36;1-2/h6-9,12-14,20,31,35H,10-11,15H2,1-5H3,(H,30,36);1-2H3. The topological polar surface area (TPSA) is 107 Å². The lowest BCUT2D eigenvalue weighted by atomic mass is 10.1. The number of nitrogens with one attached hydrogen (secondary N) is 2. The van der Waals surface area contributed by atoms with Gasteiger partial charge in [0.15, 0.2) is 0 Å². The Kier molecular flexibility index (Phi) is 9.70. The molecule has 0 atom stereocenters. The lowest BCUT2D eigenvalue weighted by Gasteiger charge is -2.30. The minimum absolute atomic E-state index is 0.103. The van der Waals surface area contributed by atoms with Gasteiger partial charge >= 0.3 is 0 Å². The zero-order valence-corrected chi connectivity index (χ0v) is 24.1. The van der Waals surface area contributed by atoms with Gasteiger partial charge in [0.1, 0.15) is 23.9 Å². The number of hydrogen-bond acceptors (Lipinski definition) is 6. The summed E-state index contributed by atoms with van der Waals surface area (Å²) in [6.07, 6.45) is 1.52. The summed E-state index contributed by atoms with van der Waals surface area (Å²) in [6.45, 7) is 8.30. The molecular formula is C30H38FN5O4. The number of carbonyl (C=O) groups is 2. The highest BCUT2D eigenvalue weighted by Gasteiger charge is 2.37. The lowest BCUT2D eigenvalue weighted by Crippen LogP contribution is -2.38. The summed E-state index contributed by atoms with van der Waals surface area (Å²) < 4.78 is 16.2. The molecule has 0 spiro atoms. The van der Waals surface area contributed by atoms with Crippen LogP contribution in [0.15, 0.2) is 47.3 Å².